The Hall–Kier alpha value is -3.16. The minimum atomic E-state index is -1.17. The van der Waals surface area contributed by atoms with Crippen LogP contribution in [0.2, 0.25) is 10.0 Å². The summed E-state index contributed by atoms with van der Waals surface area (Å²) in [6, 6.07) is 9.54. The SMILES string of the molecule is COc1ccc(C(=O)[C@H](C)N(C(=O)c2ccc(Cl)cc2Cl)N2C(=O)[C@@H]3[C@H](C2=O)[C@H]2C=C[C@H]3C2)cc1. The van der Waals surface area contributed by atoms with Gasteiger partial charge in [0, 0.05) is 10.6 Å². The summed E-state index contributed by atoms with van der Waals surface area (Å²) in [4.78, 5) is 54.4. The molecule has 9 heteroatoms. The fourth-order valence-corrected chi connectivity index (χ4v) is 5.92. The van der Waals surface area contributed by atoms with Crippen LogP contribution < -0.4 is 4.74 Å². The molecule has 5 rings (SSSR count). The molecule has 1 saturated carbocycles. The second kappa shape index (κ2) is 8.81. The lowest BCUT2D eigenvalue weighted by Crippen LogP contribution is -2.57. The number of halogens is 2. The third kappa shape index (κ3) is 3.74. The summed E-state index contributed by atoms with van der Waals surface area (Å²) in [6.45, 7) is 1.50. The second-order valence-corrected chi connectivity index (χ2v) is 9.87. The number of allylic oxidation sites excluding steroid dienone is 2. The fourth-order valence-electron chi connectivity index (χ4n) is 5.43. The molecule has 3 aliphatic rings. The Balaban J connectivity index is 1.55. The van der Waals surface area contributed by atoms with Gasteiger partial charge < -0.3 is 4.74 Å². The lowest BCUT2D eigenvalue weighted by molar-refractivity contribution is -0.157. The number of nitrogens with zero attached hydrogens (tertiary/aromatic N) is 2. The highest BCUT2D eigenvalue weighted by molar-refractivity contribution is 6.36. The summed E-state index contributed by atoms with van der Waals surface area (Å²) in [5.41, 5.74) is 0.337. The monoisotopic (exact) mass is 512 g/mol. The lowest BCUT2D eigenvalue weighted by atomic mass is 9.85. The third-order valence-corrected chi connectivity index (χ3v) is 7.70. The highest BCUT2D eigenvalue weighted by atomic mass is 35.5. The van der Waals surface area contributed by atoms with E-state index in [-0.39, 0.29) is 22.4 Å². The van der Waals surface area contributed by atoms with Gasteiger partial charge in [-0.3, -0.25) is 19.2 Å². The fraction of sp³-hybridized carbons (Fsp3) is 0.308. The largest absolute Gasteiger partial charge is 0.497 e. The molecular formula is C26H22Cl2N2O5. The maximum Gasteiger partial charge on any atom is 0.275 e. The minimum absolute atomic E-state index is 0.0317. The van der Waals surface area contributed by atoms with Crippen molar-refractivity contribution < 1.29 is 23.9 Å². The zero-order valence-electron chi connectivity index (χ0n) is 19.0. The number of carbonyl (C=O) groups excluding carboxylic acids is 4. The van der Waals surface area contributed by atoms with E-state index in [0.717, 1.165) is 16.4 Å². The summed E-state index contributed by atoms with van der Waals surface area (Å²) in [5.74, 6) is -2.70. The zero-order chi connectivity index (χ0) is 25.0. The first-order valence-electron chi connectivity index (χ1n) is 11.3. The third-order valence-electron chi connectivity index (χ3n) is 7.15. The quantitative estimate of drug-likeness (QED) is 0.324. The normalized spacial score (nSPS) is 25.1. The van der Waals surface area contributed by atoms with E-state index < -0.39 is 41.4 Å². The number of imide groups is 1. The van der Waals surface area contributed by atoms with Crippen LogP contribution in [0.15, 0.2) is 54.6 Å². The molecule has 0 spiro atoms. The van der Waals surface area contributed by atoms with Crippen LogP contribution in [-0.2, 0) is 9.59 Å². The predicted octanol–water partition coefficient (Wildman–Crippen LogP) is 4.44. The van der Waals surface area contributed by atoms with Gasteiger partial charge in [-0.15, -0.1) is 0 Å². The van der Waals surface area contributed by atoms with Crippen LogP contribution in [-0.4, -0.2) is 46.7 Å². The standard InChI is InChI=1S/C26H22Cl2N2O5/c1-13(23(31)14-5-8-18(35-2)9-6-14)29(24(32)19-10-7-17(27)12-20(19)28)30-25(33)21-15-3-4-16(11-15)22(21)26(30)34/h3-10,12-13,15-16,21-22H,11H2,1-2H3/t13-,15-,16-,21-,22+/m0/s1. The Bertz CT molecular complexity index is 1250. The van der Waals surface area contributed by atoms with Crippen molar-refractivity contribution >= 4 is 46.7 Å². The molecule has 180 valence electrons. The summed E-state index contributed by atoms with van der Waals surface area (Å²) >= 11 is 12.3. The maximum atomic E-state index is 13.8. The van der Waals surface area contributed by atoms with E-state index in [1.807, 2.05) is 12.2 Å². The van der Waals surface area contributed by atoms with Crippen molar-refractivity contribution in [2.45, 2.75) is 19.4 Å². The smallest absolute Gasteiger partial charge is 0.275 e. The number of methoxy groups -OCH3 is 1. The molecule has 2 aromatic carbocycles. The first-order valence-corrected chi connectivity index (χ1v) is 12.0. The van der Waals surface area contributed by atoms with E-state index in [2.05, 4.69) is 0 Å². The molecule has 7 nitrogen and oxygen atoms in total. The van der Waals surface area contributed by atoms with Crippen LogP contribution >= 0.6 is 23.2 Å². The van der Waals surface area contributed by atoms with Gasteiger partial charge in [0.25, 0.3) is 17.7 Å². The Morgan fingerprint density at radius 1 is 1.00 bits per heavy atom. The first-order chi connectivity index (χ1) is 16.7. The van der Waals surface area contributed by atoms with E-state index in [1.54, 1.807) is 24.3 Å². The maximum absolute atomic E-state index is 13.8. The number of Topliss-reactive ketones (excluding diaryl/α,β-unsaturated/α-hetero) is 1. The summed E-state index contributed by atoms with van der Waals surface area (Å²) in [7, 11) is 1.51. The molecule has 1 aliphatic heterocycles. The minimum Gasteiger partial charge on any atom is -0.497 e. The number of amides is 3. The van der Waals surface area contributed by atoms with Gasteiger partial charge in [0.2, 0.25) is 0 Å². The number of rotatable bonds is 6. The predicted molar refractivity (Wildman–Crippen MR) is 129 cm³/mol. The molecule has 2 fully saturated rings. The van der Waals surface area contributed by atoms with Crippen molar-refractivity contribution in [2.75, 3.05) is 7.11 Å². The zero-order valence-corrected chi connectivity index (χ0v) is 20.5. The summed E-state index contributed by atoms with van der Waals surface area (Å²) in [6.07, 6.45) is 4.68. The molecule has 0 radical (unpaired) electrons. The molecule has 0 N–H and O–H groups in total. The van der Waals surface area contributed by atoms with Crippen molar-refractivity contribution in [2.24, 2.45) is 23.7 Å². The number of ether oxygens (including phenoxy) is 1. The summed E-state index contributed by atoms with van der Waals surface area (Å²) < 4.78 is 5.15. The molecule has 0 aromatic heterocycles. The van der Waals surface area contributed by atoms with Crippen LogP contribution in [0.25, 0.3) is 0 Å². The van der Waals surface area contributed by atoms with E-state index in [4.69, 9.17) is 27.9 Å². The molecule has 1 heterocycles. The van der Waals surface area contributed by atoms with Gasteiger partial charge in [0.05, 0.1) is 29.5 Å². The van der Waals surface area contributed by atoms with Crippen molar-refractivity contribution in [3.05, 3.63) is 75.8 Å². The van der Waals surface area contributed by atoms with Crippen LogP contribution in [0.5, 0.6) is 5.75 Å². The van der Waals surface area contributed by atoms with Crippen molar-refractivity contribution in [1.29, 1.82) is 0 Å². The topological polar surface area (TPSA) is 84.0 Å². The Morgan fingerprint density at radius 2 is 1.60 bits per heavy atom. The van der Waals surface area contributed by atoms with Gasteiger partial charge in [0.15, 0.2) is 5.78 Å². The molecule has 2 aliphatic carbocycles. The van der Waals surface area contributed by atoms with E-state index in [1.165, 1.54) is 32.2 Å². The van der Waals surface area contributed by atoms with Gasteiger partial charge >= 0.3 is 0 Å². The number of ketones is 1. The van der Waals surface area contributed by atoms with Crippen LogP contribution in [0.4, 0.5) is 0 Å². The Kier molecular flexibility index (Phi) is 5.93. The molecule has 35 heavy (non-hydrogen) atoms. The van der Waals surface area contributed by atoms with Gasteiger partial charge in [-0.1, -0.05) is 35.4 Å². The van der Waals surface area contributed by atoms with Crippen LogP contribution in [0.1, 0.15) is 34.1 Å². The molecule has 0 unspecified atom stereocenters. The van der Waals surface area contributed by atoms with Gasteiger partial charge in [-0.2, -0.15) is 5.01 Å². The van der Waals surface area contributed by atoms with Gasteiger partial charge in [-0.25, -0.2) is 5.01 Å². The second-order valence-electron chi connectivity index (χ2n) is 9.03. The first kappa shape index (κ1) is 23.6. The highest BCUT2D eigenvalue weighted by Crippen LogP contribution is 2.53. The summed E-state index contributed by atoms with van der Waals surface area (Å²) in [5, 5.41) is 2.22. The number of carbonyl (C=O) groups is 4. The highest BCUT2D eigenvalue weighted by Gasteiger charge is 2.61. The molecular weight excluding hydrogens is 491 g/mol. The molecule has 3 amide bonds. The number of hydrazine groups is 1. The van der Waals surface area contributed by atoms with Crippen LogP contribution in [0.3, 0.4) is 0 Å². The average Bonchev–Trinajstić information content (AvgIpc) is 3.53. The molecule has 1 saturated heterocycles. The Morgan fingerprint density at radius 3 is 2.14 bits per heavy atom. The van der Waals surface area contributed by atoms with E-state index in [9.17, 15) is 19.2 Å². The number of fused-ring (bicyclic) bond motifs is 5. The van der Waals surface area contributed by atoms with E-state index in [0.29, 0.717) is 16.3 Å². The van der Waals surface area contributed by atoms with Crippen molar-refractivity contribution in [3.8, 4) is 5.75 Å². The molecule has 2 aromatic rings. The number of hydrogen-bond acceptors (Lipinski definition) is 5. The number of hydrogen-bond donors (Lipinski definition) is 0. The van der Waals surface area contributed by atoms with Gasteiger partial charge in [-0.05, 0) is 67.6 Å². The molecule has 2 bridgehead atoms. The Labute approximate surface area is 212 Å². The average molecular weight is 513 g/mol. The van der Waals surface area contributed by atoms with Gasteiger partial charge in [0.1, 0.15) is 11.8 Å². The van der Waals surface area contributed by atoms with Crippen molar-refractivity contribution in [3.63, 3.8) is 0 Å². The van der Waals surface area contributed by atoms with Crippen LogP contribution in [0, 0.1) is 23.7 Å². The van der Waals surface area contributed by atoms with E-state index >= 15 is 0 Å². The molecule has 5 atom stereocenters. The number of benzene rings is 2. The van der Waals surface area contributed by atoms with Crippen molar-refractivity contribution in [1.82, 2.24) is 10.0 Å². The lowest BCUT2D eigenvalue weighted by Gasteiger charge is -2.35.